The van der Waals surface area contributed by atoms with E-state index >= 15 is 0 Å². The molecule has 189 valence electrons. The Morgan fingerprint density at radius 1 is 0.694 bits per heavy atom. The van der Waals surface area contributed by atoms with Gasteiger partial charge in [0.1, 0.15) is 0 Å². The van der Waals surface area contributed by atoms with Crippen molar-refractivity contribution in [3.63, 3.8) is 0 Å². The van der Waals surface area contributed by atoms with E-state index in [1.165, 1.54) is 18.2 Å². The molecule has 3 aromatic carbocycles. The van der Waals surface area contributed by atoms with Crippen LogP contribution in [0, 0.1) is 0 Å². The maximum Gasteiger partial charge on any atom is 0.417 e. The van der Waals surface area contributed by atoms with Crippen molar-refractivity contribution >= 4 is 24.4 Å². The number of carbonyl (C=O) groups excluding carboxylic acids is 2. The number of aryl methyl sites for hydroxylation is 2. The molecule has 0 bridgehead atoms. The van der Waals surface area contributed by atoms with E-state index in [1.807, 2.05) is 13.8 Å². The van der Waals surface area contributed by atoms with Crippen LogP contribution in [0.15, 0.2) is 60.7 Å². The van der Waals surface area contributed by atoms with E-state index in [-0.39, 0.29) is 5.56 Å². The van der Waals surface area contributed by atoms with Gasteiger partial charge >= 0.3 is 12.4 Å². The Balaban J connectivity index is 2.20. The first-order valence-corrected chi connectivity index (χ1v) is 12.1. The van der Waals surface area contributed by atoms with Crippen LogP contribution < -0.4 is 5.30 Å². The van der Waals surface area contributed by atoms with Crippen molar-refractivity contribution in [2.75, 3.05) is 0 Å². The van der Waals surface area contributed by atoms with E-state index < -0.39 is 53.5 Å². The predicted molar refractivity (Wildman–Crippen MR) is 123 cm³/mol. The molecule has 0 aliphatic rings. The topological polar surface area (TPSA) is 51.2 Å². The smallest absolute Gasteiger partial charge is 0.289 e. The second-order valence-electron chi connectivity index (χ2n) is 7.83. The lowest BCUT2D eigenvalue weighted by molar-refractivity contribution is -0.143. The van der Waals surface area contributed by atoms with Crippen LogP contribution in [-0.2, 0) is 29.8 Å². The largest absolute Gasteiger partial charge is 0.417 e. The van der Waals surface area contributed by atoms with Crippen molar-refractivity contribution in [3.05, 3.63) is 99.6 Å². The molecule has 0 N–H and O–H groups in total. The lowest BCUT2D eigenvalue weighted by atomic mass is 9.91. The summed E-state index contributed by atoms with van der Waals surface area (Å²) in [6.45, 7) is 3.63. The molecule has 1 unspecified atom stereocenters. The minimum atomic E-state index is -5.31. The third-order valence-corrected chi connectivity index (χ3v) is 7.09. The number of carbonyl (C=O) groups is 2. The Hall–Kier alpha value is -3.32. The molecule has 3 aromatic rings. The summed E-state index contributed by atoms with van der Waals surface area (Å²) < 4.78 is 94.7. The number of hydrogen-bond acceptors (Lipinski definition) is 3. The molecule has 36 heavy (non-hydrogen) atoms. The maximum absolute atomic E-state index is 13.6. The summed E-state index contributed by atoms with van der Waals surface area (Å²) in [5.74, 6) is -0.615. The number of alkyl halides is 6. The van der Waals surface area contributed by atoms with Gasteiger partial charge < -0.3 is 0 Å². The van der Waals surface area contributed by atoms with Gasteiger partial charge in [0.15, 0.2) is 13.6 Å². The van der Waals surface area contributed by atoms with Crippen molar-refractivity contribution in [3.8, 4) is 0 Å². The number of rotatable bonds is 7. The number of benzene rings is 3. The molecule has 0 amide bonds. The average Bonchev–Trinajstić information content (AvgIpc) is 2.85. The fraction of sp³-hybridized carbons (Fsp3) is 0.231. The molecular formula is C26H20F6O3P. The normalized spacial score (nSPS) is 12.4. The van der Waals surface area contributed by atoms with Crippen LogP contribution in [0.5, 0.6) is 0 Å². The summed E-state index contributed by atoms with van der Waals surface area (Å²) in [6, 6.07) is 11.5. The zero-order chi connectivity index (χ0) is 26.8. The van der Waals surface area contributed by atoms with E-state index in [1.54, 1.807) is 18.2 Å². The van der Waals surface area contributed by atoms with E-state index in [0.29, 0.717) is 47.7 Å². The molecule has 0 aliphatic carbocycles. The number of hydrogen-bond donors (Lipinski definition) is 0. The van der Waals surface area contributed by atoms with Crippen LogP contribution in [0.2, 0.25) is 0 Å². The summed E-state index contributed by atoms with van der Waals surface area (Å²) in [7, 11) is -3.52. The fourth-order valence-electron chi connectivity index (χ4n) is 3.98. The molecule has 3 rings (SSSR count). The van der Waals surface area contributed by atoms with Crippen molar-refractivity contribution in [2.45, 2.75) is 39.0 Å². The zero-order valence-electron chi connectivity index (χ0n) is 19.1. The molecule has 0 aromatic heterocycles. The highest BCUT2D eigenvalue weighted by atomic mass is 31.1. The molecule has 0 aliphatic heterocycles. The average molecular weight is 525 g/mol. The summed E-state index contributed by atoms with van der Waals surface area (Å²) in [6.07, 6.45) is -9.69. The van der Waals surface area contributed by atoms with Gasteiger partial charge in [-0.05, 0) is 48.2 Å². The Bertz CT molecular complexity index is 1290. The monoisotopic (exact) mass is 525 g/mol. The second-order valence-corrected chi connectivity index (χ2v) is 9.30. The van der Waals surface area contributed by atoms with Crippen LogP contribution in [0.25, 0.3) is 0 Å². The molecule has 10 heteroatoms. The minimum Gasteiger partial charge on any atom is -0.289 e. The van der Waals surface area contributed by atoms with Crippen molar-refractivity contribution in [2.24, 2.45) is 0 Å². The molecule has 0 fully saturated rings. The van der Waals surface area contributed by atoms with Crippen LogP contribution in [0.1, 0.15) is 62.4 Å². The molecule has 0 heterocycles. The van der Waals surface area contributed by atoms with Gasteiger partial charge in [0.25, 0.3) is 0 Å². The highest BCUT2D eigenvalue weighted by Gasteiger charge is 2.44. The standard InChI is InChI=1S/C26H20F6O3P/c1-3-15-9-7-10-16(4-2)21(15)23(33)17-11-5-6-14-20(17)36(35)24(34)22-18(25(27,28)29)12-8-13-19(22)26(30,31)32/h5-14H,3-4H2,1-2H3. The minimum absolute atomic E-state index is 0.222. The van der Waals surface area contributed by atoms with E-state index in [4.69, 9.17) is 0 Å². The Morgan fingerprint density at radius 2 is 1.17 bits per heavy atom. The first kappa shape index (κ1) is 27.3. The quantitative estimate of drug-likeness (QED) is 0.184. The molecule has 1 atom stereocenters. The summed E-state index contributed by atoms with van der Waals surface area (Å²) in [4.78, 5) is 26.6. The summed E-state index contributed by atoms with van der Waals surface area (Å²) in [5.41, 5.74) is -5.87. The van der Waals surface area contributed by atoms with Crippen molar-refractivity contribution < 1.29 is 40.5 Å². The molecule has 0 saturated heterocycles. The molecule has 3 nitrogen and oxygen atoms in total. The number of halogens is 6. The number of ketones is 1. The van der Waals surface area contributed by atoms with Gasteiger partial charge in [-0.3, -0.25) is 14.2 Å². The van der Waals surface area contributed by atoms with Gasteiger partial charge in [-0.1, -0.05) is 50.2 Å². The fourth-order valence-corrected chi connectivity index (χ4v) is 5.26. The first-order chi connectivity index (χ1) is 16.8. The Kier molecular flexibility index (Phi) is 7.84. The van der Waals surface area contributed by atoms with E-state index in [2.05, 4.69) is 0 Å². The van der Waals surface area contributed by atoms with Gasteiger partial charge in [-0.15, -0.1) is 0 Å². The van der Waals surface area contributed by atoms with Crippen LogP contribution in [0.3, 0.4) is 0 Å². The first-order valence-electron chi connectivity index (χ1n) is 10.9. The van der Waals surface area contributed by atoms with Gasteiger partial charge in [0, 0.05) is 11.1 Å². The third-order valence-electron chi connectivity index (χ3n) is 5.67. The molecule has 1 radical (unpaired) electrons. The predicted octanol–water partition coefficient (Wildman–Crippen LogP) is 7.37. The van der Waals surface area contributed by atoms with Gasteiger partial charge in [0.2, 0.25) is 5.52 Å². The van der Waals surface area contributed by atoms with Crippen LogP contribution in [0.4, 0.5) is 26.3 Å². The molecule has 0 saturated carbocycles. The van der Waals surface area contributed by atoms with Gasteiger partial charge in [0.05, 0.1) is 22.0 Å². The van der Waals surface area contributed by atoms with Crippen LogP contribution >= 0.6 is 7.80 Å². The molecular weight excluding hydrogens is 505 g/mol. The van der Waals surface area contributed by atoms with E-state index in [9.17, 15) is 40.5 Å². The van der Waals surface area contributed by atoms with Crippen molar-refractivity contribution in [1.29, 1.82) is 0 Å². The lowest BCUT2D eigenvalue weighted by Crippen LogP contribution is -2.22. The Morgan fingerprint density at radius 3 is 1.64 bits per heavy atom. The second kappa shape index (κ2) is 10.3. The summed E-state index contributed by atoms with van der Waals surface area (Å²) in [5, 5.41) is -0.430. The van der Waals surface area contributed by atoms with Crippen molar-refractivity contribution in [1.82, 2.24) is 0 Å². The zero-order valence-corrected chi connectivity index (χ0v) is 20.0. The van der Waals surface area contributed by atoms with Gasteiger partial charge in [-0.2, -0.15) is 26.3 Å². The van der Waals surface area contributed by atoms with Crippen LogP contribution in [-0.4, -0.2) is 11.3 Å². The third kappa shape index (κ3) is 5.26. The van der Waals surface area contributed by atoms with E-state index in [0.717, 1.165) is 6.07 Å². The molecule has 0 spiro atoms. The maximum atomic E-state index is 13.6. The summed E-state index contributed by atoms with van der Waals surface area (Å²) >= 11 is 0. The highest BCUT2D eigenvalue weighted by molar-refractivity contribution is 7.71. The SMILES string of the molecule is CCc1cccc(CC)c1C(=O)c1ccccc1[P](=O)C(=O)c1c(C(F)(F)F)cccc1C(F)(F)F. The van der Waals surface area contributed by atoms with Gasteiger partial charge in [-0.25, -0.2) is 0 Å². The Labute approximate surface area is 203 Å². The highest BCUT2D eigenvalue weighted by Crippen LogP contribution is 2.43. The lowest BCUT2D eigenvalue weighted by Gasteiger charge is -2.18.